The van der Waals surface area contributed by atoms with Crippen LogP contribution in [-0.2, 0) is 16.0 Å². The number of piperidine rings is 1. The van der Waals surface area contributed by atoms with Gasteiger partial charge in [0.15, 0.2) is 0 Å². The largest absolute Gasteiger partial charge is 0.444 e. The standard InChI is InChI=1S/C26H43N5O4/c1-6-30(7-2)23(32)13-17-27-24(33)31-18-14-22(15-19-31)29-21-10-8-20(9-11-21)12-16-28-25(34)35-26(3,4)5/h8-11,22,29H,6-7,12-19H2,1-5H3,(H,27,33)(H,28,34). The molecule has 1 saturated heterocycles. The van der Waals surface area contributed by atoms with E-state index in [1.54, 1.807) is 4.90 Å². The number of rotatable bonds is 10. The Balaban J connectivity index is 1.66. The second-order valence-corrected chi connectivity index (χ2v) is 9.83. The maximum absolute atomic E-state index is 12.4. The normalized spacial score (nSPS) is 14.3. The second-order valence-electron chi connectivity index (χ2n) is 9.83. The average molecular weight is 490 g/mol. The van der Waals surface area contributed by atoms with Crippen LogP contribution in [-0.4, -0.2) is 78.7 Å². The van der Waals surface area contributed by atoms with E-state index < -0.39 is 11.7 Å². The summed E-state index contributed by atoms with van der Waals surface area (Å²) in [6.07, 6.45) is 2.40. The third-order valence-corrected chi connectivity index (χ3v) is 5.92. The number of hydrogen-bond donors (Lipinski definition) is 3. The Kier molecular flexibility index (Phi) is 11.1. The fourth-order valence-corrected chi connectivity index (χ4v) is 3.98. The van der Waals surface area contributed by atoms with Gasteiger partial charge >= 0.3 is 12.1 Å². The Morgan fingerprint density at radius 2 is 1.63 bits per heavy atom. The van der Waals surface area contributed by atoms with E-state index in [2.05, 4.69) is 40.2 Å². The lowest BCUT2D eigenvalue weighted by Gasteiger charge is -2.33. The molecule has 9 heteroatoms. The van der Waals surface area contributed by atoms with Crippen LogP contribution in [0.1, 0.15) is 59.4 Å². The van der Waals surface area contributed by atoms with Gasteiger partial charge < -0.3 is 30.5 Å². The number of nitrogens with zero attached hydrogens (tertiary/aromatic N) is 2. The number of hydrogen-bond acceptors (Lipinski definition) is 5. The predicted octanol–water partition coefficient (Wildman–Crippen LogP) is 3.60. The van der Waals surface area contributed by atoms with Crippen molar-refractivity contribution in [1.29, 1.82) is 0 Å². The molecule has 0 unspecified atom stereocenters. The van der Waals surface area contributed by atoms with Gasteiger partial charge in [-0.05, 0) is 71.6 Å². The fourth-order valence-electron chi connectivity index (χ4n) is 3.98. The maximum atomic E-state index is 12.4. The molecule has 1 aliphatic heterocycles. The van der Waals surface area contributed by atoms with E-state index in [1.807, 2.05) is 39.5 Å². The Hall–Kier alpha value is -2.97. The van der Waals surface area contributed by atoms with Crippen LogP contribution in [0.5, 0.6) is 0 Å². The molecule has 4 amide bonds. The van der Waals surface area contributed by atoms with Gasteiger partial charge in [-0.25, -0.2) is 9.59 Å². The molecule has 2 rings (SSSR count). The third-order valence-electron chi connectivity index (χ3n) is 5.92. The molecule has 0 radical (unpaired) electrons. The summed E-state index contributed by atoms with van der Waals surface area (Å²) in [6.45, 7) is 13.1. The number of likely N-dealkylation sites (tertiary alicyclic amines) is 1. The first-order chi connectivity index (χ1) is 16.6. The van der Waals surface area contributed by atoms with Crippen molar-refractivity contribution in [3.63, 3.8) is 0 Å². The zero-order valence-electron chi connectivity index (χ0n) is 22.0. The number of urea groups is 1. The van der Waals surface area contributed by atoms with Crippen LogP contribution in [0.15, 0.2) is 24.3 Å². The van der Waals surface area contributed by atoms with Crippen molar-refractivity contribution in [2.75, 3.05) is 44.6 Å². The number of carbonyl (C=O) groups is 3. The van der Waals surface area contributed by atoms with Gasteiger partial charge in [-0.2, -0.15) is 0 Å². The van der Waals surface area contributed by atoms with Crippen LogP contribution in [0.3, 0.4) is 0 Å². The van der Waals surface area contributed by atoms with E-state index >= 15 is 0 Å². The molecule has 35 heavy (non-hydrogen) atoms. The van der Waals surface area contributed by atoms with Gasteiger partial charge in [0.05, 0.1) is 0 Å². The van der Waals surface area contributed by atoms with Crippen LogP contribution in [0.2, 0.25) is 0 Å². The average Bonchev–Trinajstić information content (AvgIpc) is 2.80. The summed E-state index contributed by atoms with van der Waals surface area (Å²) in [6, 6.07) is 8.43. The van der Waals surface area contributed by atoms with Gasteiger partial charge in [-0.15, -0.1) is 0 Å². The molecule has 1 fully saturated rings. The predicted molar refractivity (Wildman–Crippen MR) is 139 cm³/mol. The minimum absolute atomic E-state index is 0.0727. The lowest BCUT2D eigenvalue weighted by molar-refractivity contribution is -0.130. The molecule has 0 atom stereocenters. The Morgan fingerprint density at radius 3 is 2.20 bits per heavy atom. The zero-order valence-corrected chi connectivity index (χ0v) is 22.0. The summed E-state index contributed by atoms with van der Waals surface area (Å²) < 4.78 is 5.24. The van der Waals surface area contributed by atoms with Gasteiger partial charge in [0.25, 0.3) is 0 Å². The van der Waals surface area contributed by atoms with Gasteiger partial charge in [-0.3, -0.25) is 4.79 Å². The van der Waals surface area contributed by atoms with Crippen LogP contribution in [0.25, 0.3) is 0 Å². The lowest BCUT2D eigenvalue weighted by atomic mass is 10.0. The Labute approximate surface area is 209 Å². The summed E-state index contributed by atoms with van der Waals surface area (Å²) in [5.74, 6) is 0.0727. The summed E-state index contributed by atoms with van der Waals surface area (Å²) in [7, 11) is 0. The molecule has 196 valence electrons. The molecule has 0 saturated carbocycles. The zero-order chi connectivity index (χ0) is 25.8. The molecule has 9 nitrogen and oxygen atoms in total. The number of amides is 4. The first kappa shape index (κ1) is 28.3. The van der Waals surface area contributed by atoms with Crippen LogP contribution < -0.4 is 16.0 Å². The van der Waals surface area contributed by atoms with Crippen LogP contribution in [0.4, 0.5) is 15.3 Å². The third kappa shape index (κ3) is 10.4. The molecule has 1 aliphatic rings. The number of alkyl carbamates (subject to hydrolysis) is 1. The van der Waals surface area contributed by atoms with E-state index in [4.69, 9.17) is 4.74 Å². The quantitative estimate of drug-likeness (QED) is 0.466. The number of nitrogens with one attached hydrogen (secondary N) is 3. The number of anilines is 1. The van der Waals surface area contributed by atoms with E-state index in [-0.39, 0.29) is 11.9 Å². The summed E-state index contributed by atoms with van der Waals surface area (Å²) in [5.41, 5.74) is 1.69. The van der Waals surface area contributed by atoms with Gasteiger partial charge in [0, 0.05) is 57.4 Å². The van der Waals surface area contributed by atoms with Crippen LogP contribution >= 0.6 is 0 Å². The molecular formula is C26H43N5O4. The van der Waals surface area contributed by atoms with Crippen molar-refractivity contribution in [3.05, 3.63) is 29.8 Å². The Bertz CT molecular complexity index is 810. The smallest absolute Gasteiger partial charge is 0.407 e. The first-order valence-electron chi connectivity index (χ1n) is 12.7. The van der Waals surface area contributed by atoms with E-state index in [9.17, 15) is 14.4 Å². The monoisotopic (exact) mass is 489 g/mol. The van der Waals surface area contributed by atoms with Gasteiger partial charge in [0.1, 0.15) is 5.60 Å². The first-order valence-corrected chi connectivity index (χ1v) is 12.7. The molecule has 0 bridgehead atoms. The van der Waals surface area contributed by atoms with Crippen LogP contribution in [0, 0.1) is 0 Å². The van der Waals surface area contributed by atoms with Gasteiger partial charge in [0.2, 0.25) is 5.91 Å². The van der Waals surface area contributed by atoms with Gasteiger partial charge in [-0.1, -0.05) is 12.1 Å². The highest BCUT2D eigenvalue weighted by Crippen LogP contribution is 2.18. The molecule has 0 spiro atoms. The highest BCUT2D eigenvalue weighted by atomic mass is 16.6. The molecular weight excluding hydrogens is 446 g/mol. The van der Waals surface area contributed by atoms with Crippen molar-refractivity contribution in [2.45, 2.75) is 71.9 Å². The van der Waals surface area contributed by atoms with Crippen molar-refractivity contribution in [2.24, 2.45) is 0 Å². The Morgan fingerprint density at radius 1 is 1.00 bits per heavy atom. The van der Waals surface area contributed by atoms with E-state index in [0.717, 1.165) is 30.5 Å². The molecule has 1 heterocycles. The lowest BCUT2D eigenvalue weighted by Crippen LogP contribution is -2.47. The van der Waals surface area contributed by atoms with E-state index in [0.29, 0.717) is 51.7 Å². The minimum atomic E-state index is -0.497. The van der Waals surface area contributed by atoms with Crippen molar-refractivity contribution in [3.8, 4) is 0 Å². The minimum Gasteiger partial charge on any atom is -0.444 e. The van der Waals surface area contributed by atoms with Crippen molar-refractivity contribution < 1.29 is 19.1 Å². The number of ether oxygens (including phenoxy) is 1. The molecule has 3 N–H and O–H groups in total. The maximum Gasteiger partial charge on any atom is 0.407 e. The second kappa shape index (κ2) is 13.8. The number of benzene rings is 1. The fraction of sp³-hybridized carbons (Fsp3) is 0.654. The van der Waals surface area contributed by atoms with Crippen molar-refractivity contribution in [1.82, 2.24) is 20.4 Å². The summed E-state index contributed by atoms with van der Waals surface area (Å²) in [4.78, 5) is 39.8. The molecule has 0 aliphatic carbocycles. The highest BCUT2D eigenvalue weighted by molar-refractivity contribution is 5.78. The SMILES string of the molecule is CCN(CC)C(=O)CCNC(=O)N1CCC(Nc2ccc(CCNC(=O)OC(C)(C)C)cc2)CC1. The number of carbonyl (C=O) groups excluding carboxylic acids is 3. The summed E-state index contributed by atoms with van der Waals surface area (Å²) >= 11 is 0. The topological polar surface area (TPSA) is 103 Å². The molecule has 0 aromatic heterocycles. The van der Waals surface area contributed by atoms with E-state index in [1.165, 1.54) is 0 Å². The molecule has 1 aromatic rings. The highest BCUT2D eigenvalue weighted by Gasteiger charge is 2.23. The molecule has 1 aromatic carbocycles. The summed E-state index contributed by atoms with van der Waals surface area (Å²) in [5, 5.41) is 9.21. The van der Waals surface area contributed by atoms with Crippen molar-refractivity contribution >= 4 is 23.7 Å².